The number of carboxylic acids is 1. The third-order valence-corrected chi connectivity index (χ3v) is 5.77. The van der Waals surface area contributed by atoms with Gasteiger partial charge in [-0.25, -0.2) is 0 Å². The van der Waals surface area contributed by atoms with Gasteiger partial charge in [-0.1, -0.05) is 41.5 Å². The van der Waals surface area contributed by atoms with Gasteiger partial charge in [-0.2, -0.15) is 8.42 Å². The summed E-state index contributed by atoms with van der Waals surface area (Å²) in [6.07, 6.45) is -0.609. The van der Waals surface area contributed by atoms with Crippen LogP contribution in [0.15, 0.2) is 0 Å². The maximum atomic E-state index is 12.5. The van der Waals surface area contributed by atoms with Crippen LogP contribution in [-0.2, 0) is 29.3 Å². The molecule has 0 heterocycles. The maximum Gasteiger partial charge on any atom is 0.324 e. The van der Waals surface area contributed by atoms with Gasteiger partial charge in [-0.3, -0.25) is 23.7 Å². The Morgan fingerprint density at radius 1 is 1.03 bits per heavy atom. The van der Waals surface area contributed by atoms with E-state index in [1.54, 1.807) is 41.5 Å². The van der Waals surface area contributed by atoms with Crippen molar-refractivity contribution in [2.24, 2.45) is 17.3 Å². The number of hydrogen-bond acceptors (Lipinski definition) is 6. The Hall–Kier alpha value is -1.81. The lowest BCUT2D eigenvalue weighted by molar-refractivity contribution is -0.137. The van der Waals surface area contributed by atoms with Gasteiger partial charge in [0.05, 0.1) is 6.04 Å². The quantitative estimate of drug-likeness (QED) is 0.392. The molecule has 0 rings (SSSR count). The molecular formula is C19H33NO8S. The smallest absolute Gasteiger partial charge is 0.324 e. The summed E-state index contributed by atoms with van der Waals surface area (Å²) in [6.45, 7) is 10.3. The summed E-state index contributed by atoms with van der Waals surface area (Å²) >= 11 is 0. The Morgan fingerprint density at radius 2 is 1.55 bits per heavy atom. The topological polar surface area (TPSA) is 155 Å². The largest absolute Gasteiger partial charge is 0.480 e. The van der Waals surface area contributed by atoms with Crippen LogP contribution in [0.4, 0.5) is 0 Å². The van der Waals surface area contributed by atoms with Crippen LogP contribution < -0.4 is 5.32 Å². The van der Waals surface area contributed by atoms with Crippen molar-refractivity contribution in [2.45, 2.75) is 78.5 Å². The third kappa shape index (κ3) is 9.49. The lowest BCUT2D eigenvalue weighted by Crippen LogP contribution is -2.46. The molecule has 0 saturated carbocycles. The molecule has 168 valence electrons. The maximum absolute atomic E-state index is 12.5. The number of carbonyl (C=O) groups is 4. The van der Waals surface area contributed by atoms with E-state index < -0.39 is 51.0 Å². The molecule has 1 amide bonds. The number of carboxylic acid groups (broad SMARTS) is 1. The highest BCUT2D eigenvalue weighted by atomic mass is 32.2. The molecule has 0 aromatic heterocycles. The Morgan fingerprint density at radius 3 is 1.93 bits per heavy atom. The lowest BCUT2D eigenvalue weighted by Gasteiger charge is -2.24. The van der Waals surface area contributed by atoms with Gasteiger partial charge in [0.25, 0.3) is 10.1 Å². The number of nitrogens with one attached hydrogen (secondary N) is 1. The first kappa shape index (κ1) is 27.2. The van der Waals surface area contributed by atoms with Crippen LogP contribution in [0.5, 0.6) is 0 Å². The van der Waals surface area contributed by atoms with Crippen molar-refractivity contribution >= 4 is 33.6 Å². The molecule has 1 unspecified atom stereocenters. The van der Waals surface area contributed by atoms with Gasteiger partial charge in [0, 0.05) is 24.2 Å². The number of aliphatic carboxylic acids is 1. The molecule has 29 heavy (non-hydrogen) atoms. The summed E-state index contributed by atoms with van der Waals surface area (Å²) in [5.74, 6) is -3.44. The zero-order valence-corrected chi connectivity index (χ0v) is 18.7. The highest BCUT2D eigenvalue weighted by Crippen LogP contribution is 2.20. The number of Topliss-reactive ketones (excluding diaryl/α,β-unsaturated/α-hetero) is 2. The SMILES string of the molecule is CC(C)[C@@H](NC(=O)[C@@H](C)CC(=O)C(C)(C)C)C(=O)CCCC(C(=O)O)S(=O)(=O)O. The fourth-order valence-corrected chi connectivity index (χ4v) is 3.33. The third-order valence-electron chi connectivity index (χ3n) is 4.61. The number of rotatable bonds is 12. The first-order chi connectivity index (χ1) is 13.0. The summed E-state index contributed by atoms with van der Waals surface area (Å²) < 4.78 is 31.1. The van der Waals surface area contributed by atoms with E-state index in [9.17, 15) is 27.6 Å². The molecule has 9 nitrogen and oxygen atoms in total. The molecule has 10 heteroatoms. The molecule has 3 N–H and O–H groups in total. The minimum atomic E-state index is -4.77. The molecular weight excluding hydrogens is 402 g/mol. The van der Waals surface area contributed by atoms with E-state index in [4.69, 9.17) is 9.66 Å². The summed E-state index contributed by atoms with van der Waals surface area (Å²) in [5.41, 5.74) is -0.574. The predicted octanol–water partition coefficient (Wildman–Crippen LogP) is 1.85. The molecule has 0 saturated heterocycles. The second-order valence-corrected chi connectivity index (χ2v) is 10.3. The van der Waals surface area contributed by atoms with Gasteiger partial charge in [0.1, 0.15) is 5.78 Å². The second-order valence-electron chi connectivity index (χ2n) is 8.71. The van der Waals surface area contributed by atoms with E-state index >= 15 is 0 Å². The fraction of sp³-hybridized carbons (Fsp3) is 0.789. The molecule has 0 aliphatic rings. The highest BCUT2D eigenvalue weighted by Gasteiger charge is 2.32. The molecule has 0 fully saturated rings. The van der Waals surface area contributed by atoms with E-state index in [2.05, 4.69) is 5.32 Å². The molecule has 0 radical (unpaired) electrons. The standard InChI is InChI=1S/C19H33NO8S/c1-11(2)16(20-17(23)12(3)10-15(22)19(4,5)6)13(21)8-7-9-14(18(24)25)29(26,27)28/h11-12,14,16H,7-10H2,1-6H3,(H,20,23)(H,24,25)(H,26,27,28)/t12-,14?,16+/m0/s1. The average Bonchev–Trinajstić information content (AvgIpc) is 2.52. The minimum Gasteiger partial charge on any atom is -0.480 e. The zero-order valence-electron chi connectivity index (χ0n) is 17.9. The molecule has 0 spiro atoms. The van der Waals surface area contributed by atoms with Gasteiger partial charge in [-0.05, 0) is 18.8 Å². The van der Waals surface area contributed by atoms with Crippen molar-refractivity contribution < 1.29 is 37.3 Å². The fourth-order valence-electron chi connectivity index (χ4n) is 2.61. The van der Waals surface area contributed by atoms with Crippen LogP contribution in [0, 0.1) is 17.3 Å². The highest BCUT2D eigenvalue weighted by molar-refractivity contribution is 7.87. The van der Waals surface area contributed by atoms with Crippen LogP contribution in [0.3, 0.4) is 0 Å². The van der Waals surface area contributed by atoms with Gasteiger partial charge in [0.2, 0.25) is 5.91 Å². The first-order valence-corrected chi connectivity index (χ1v) is 11.0. The van der Waals surface area contributed by atoms with Gasteiger partial charge in [-0.15, -0.1) is 0 Å². The van der Waals surface area contributed by atoms with Crippen LogP contribution >= 0.6 is 0 Å². The molecule has 0 aliphatic carbocycles. The normalized spacial score (nSPS) is 15.4. The molecule has 3 atom stereocenters. The van der Waals surface area contributed by atoms with Crippen LogP contribution in [0.25, 0.3) is 0 Å². The first-order valence-electron chi connectivity index (χ1n) is 9.54. The Labute approximate surface area is 172 Å². The van der Waals surface area contributed by atoms with Crippen molar-refractivity contribution in [3.63, 3.8) is 0 Å². The number of carbonyl (C=O) groups excluding carboxylic acids is 3. The molecule has 0 aromatic carbocycles. The summed E-state index contributed by atoms with van der Waals surface area (Å²) in [4.78, 5) is 48.0. The number of ketones is 2. The molecule has 0 aliphatic heterocycles. The van der Waals surface area contributed by atoms with Crippen molar-refractivity contribution in [1.29, 1.82) is 0 Å². The number of amides is 1. The predicted molar refractivity (Wildman–Crippen MR) is 107 cm³/mol. The van der Waals surface area contributed by atoms with Crippen molar-refractivity contribution in [1.82, 2.24) is 5.32 Å². The Kier molecular flexibility index (Phi) is 10.1. The van der Waals surface area contributed by atoms with E-state index in [-0.39, 0.29) is 36.7 Å². The summed E-state index contributed by atoms with van der Waals surface area (Å²) in [5, 5.41) is 9.52. The second kappa shape index (κ2) is 10.8. The van der Waals surface area contributed by atoms with E-state index in [0.29, 0.717) is 0 Å². The molecule has 0 bridgehead atoms. The van der Waals surface area contributed by atoms with Crippen molar-refractivity contribution in [2.75, 3.05) is 0 Å². The van der Waals surface area contributed by atoms with Crippen molar-refractivity contribution in [3.8, 4) is 0 Å². The average molecular weight is 436 g/mol. The summed E-state index contributed by atoms with van der Waals surface area (Å²) in [7, 11) is -4.77. The van der Waals surface area contributed by atoms with Crippen LogP contribution in [0.1, 0.15) is 67.2 Å². The van der Waals surface area contributed by atoms with E-state index in [1.165, 1.54) is 0 Å². The van der Waals surface area contributed by atoms with Crippen LogP contribution in [0.2, 0.25) is 0 Å². The van der Waals surface area contributed by atoms with Gasteiger partial charge >= 0.3 is 5.97 Å². The number of hydrogen-bond donors (Lipinski definition) is 3. The minimum absolute atomic E-state index is 0.0446. The van der Waals surface area contributed by atoms with E-state index in [0.717, 1.165) is 0 Å². The zero-order chi connectivity index (χ0) is 23.2. The Bertz CT molecular complexity index is 721. The Balaban J connectivity index is 4.93. The van der Waals surface area contributed by atoms with Crippen LogP contribution in [-0.4, -0.2) is 52.8 Å². The van der Waals surface area contributed by atoms with Crippen molar-refractivity contribution in [3.05, 3.63) is 0 Å². The molecule has 0 aromatic rings. The lowest BCUT2D eigenvalue weighted by atomic mass is 9.85. The van der Waals surface area contributed by atoms with Gasteiger partial charge < -0.3 is 10.4 Å². The summed E-state index contributed by atoms with van der Waals surface area (Å²) in [6, 6.07) is -0.844. The monoisotopic (exact) mass is 435 g/mol. The van der Waals surface area contributed by atoms with Gasteiger partial charge in [0.15, 0.2) is 11.0 Å². The van der Waals surface area contributed by atoms with E-state index in [1.807, 2.05) is 0 Å².